The number of amides is 3. The minimum atomic E-state index is -0.453. The molecule has 0 radical (unpaired) electrons. The third kappa shape index (κ3) is 4.86. The Morgan fingerprint density at radius 1 is 1.07 bits per heavy atom. The molecule has 0 spiro atoms. The summed E-state index contributed by atoms with van der Waals surface area (Å²) in [6.07, 6.45) is 1.60. The zero-order chi connectivity index (χ0) is 20.9. The van der Waals surface area contributed by atoms with Gasteiger partial charge in [-0.05, 0) is 35.4 Å². The van der Waals surface area contributed by atoms with Crippen LogP contribution in [0.25, 0.3) is 0 Å². The molecule has 0 bridgehead atoms. The molecule has 1 aromatic carbocycles. The van der Waals surface area contributed by atoms with Gasteiger partial charge in [-0.3, -0.25) is 25.2 Å². The summed E-state index contributed by atoms with van der Waals surface area (Å²) in [7, 11) is 0. The van der Waals surface area contributed by atoms with Gasteiger partial charge >= 0.3 is 0 Å². The van der Waals surface area contributed by atoms with Gasteiger partial charge in [0.2, 0.25) is 11.8 Å². The molecule has 1 fully saturated rings. The molecule has 9 heteroatoms. The van der Waals surface area contributed by atoms with Gasteiger partial charge in [-0.25, -0.2) is 10.9 Å². The zero-order valence-electron chi connectivity index (χ0n) is 16.5. The van der Waals surface area contributed by atoms with E-state index in [0.29, 0.717) is 19.5 Å². The second-order valence-corrected chi connectivity index (χ2v) is 8.51. The molecule has 2 atom stereocenters. The molecular weight excluding hydrogens is 402 g/mol. The SMILES string of the molecule is O=C(CCC(=O)N1CCc2sccc2C1)NNC(=O)C1CC(c2ccccc2)NN1. The first kappa shape index (κ1) is 20.5. The summed E-state index contributed by atoms with van der Waals surface area (Å²) in [6, 6.07) is 11.5. The molecule has 3 heterocycles. The Morgan fingerprint density at radius 2 is 1.90 bits per heavy atom. The number of nitrogens with zero attached hydrogens (tertiary/aromatic N) is 1. The van der Waals surface area contributed by atoms with E-state index in [1.165, 1.54) is 10.4 Å². The van der Waals surface area contributed by atoms with Crippen molar-refractivity contribution in [1.82, 2.24) is 26.6 Å². The molecule has 2 unspecified atom stereocenters. The van der Waals surface area contributed by atoms with Crippen molar-refractivity contribution < 1.29 is 14.4 Å². The molecule has 8 nitrogen and oxygen atoms in total. The van der Waals surface area contributed by atoms with Crippen LogP contribution in [0, 0.1) is 0 Å². The van der Waals surface area contributed by atoms with Crippen LogP contribution >= 0.6 is 11.3 Å². The highest BCUT2D eigenvalue weighted by Gasteiger charge is 2.30. The summed E-state index contributed by atoms with van der Waals surface area (Å²) in [4.78, 5) is 39.9. The van der Waals surface area contributed by atoms with Crippen molar-refractivity contribution in [3.8, 4) is 0 Å². The molecule has 30 heavy (non-hydrogen) atoms. The Balaban J connectivity index is 1.16. The number of hydrogen-bond acceptors (Lipinski definition) is 6. The van der Waals surface area contributed by atoms with Crippen LogP contribution in [0.4, 0.5) is 0 Å². The van der Waals surface area contributed by atoms with Gasteiger partial charge in [-0.2, -0.15) is 0 Å². The summed E-state index contributed by atoms with van der Waals surface area (Å²) in [5.74, 6) is -0.738. The van der Waals surface area contributed by atoms with E-state index in [-0.39, 0.29) is 36.6 Å². The molecule has 158 valence electrons. The van der Waals surface area contributed by atoms with Crippen LogP contribution in [0.5, 0.6) is 0 Å². The van der Waals surface area contributed by atoms with Crippen molar-refractivity contribution in [2.24, 2.45) is 0 Å². The number of carbonyl (C=O) groups excluding carboxylic acids is 3. The minimum absolute atomic E-state index is 0.0311. The van der Waals surface area contributed by atoms with E-state index in [2.05, 4.69) is 27.8 Å². The van der Waals surface area contributed by atoms with Crippen LogP contribution in [-0.2, 0) is 27.3 Å². The van der Waals surface area contributed by atoms with Crippen LogP contribution in [-0.4, -0.2) is 35.2 Å². The predicted octanol–water partition coefficient (Wildman–Crippen LogP) is 1.17. The van der Waals surface area contributed by atoms with Crippen LogP contribution in [0.3, 0.4) is 0 Å². The highest BCUT2D eigenvalue weighted by Crippen LogP contribution is 2.24. The lowest BCUT2D eigenvalue weighted by Gasteiger charge is -2.27. The number of rotatable bonds is 5. The van der Waals surface area contributed by atoms with E-state index in [4.69, 9.17) is 0 Å². The minimum Gasteiger partial charge on any atom is -0.338 e. The zero-order valence-corrected chi connectivity index (χ0v) is 17.3. The smallest absolute Gasteiger partial charge is 0.256 e. The van der Waals surface area contributed by atoms with Crippen molar-refractivity contribution in [2.45, 2.75) is 44.3 Å². The van der Waals surface area contributed by atoms with E-state index in [1.807, 2.05) is 35.7 Å². The van der Waals surface area contributed by atoms with Gasteiger partial charge in [0.1, 0.15) is 6.04 Å². The number of fused-ring (bicyclic) bond motifs is 1. The van der Waals surface area contributed by atoms with Crippen LogP contribution in [0.2, 0.25) is 0 Å². The maximum atomic E-state index is 12.4. The molecule has 0 saturated carbocycles. The normalized spacial score (nSPS) is 20.5. The summed E-state index contributed by atoms with van der Waals surface area (Å²) >= 11 is 1.72. The first-order valence-electron chi connectivity index (χ1n) is 10.1. The Morgan fingerprint density at radius 3 is 2.73 bits per heavy atom. The van der Waals surface area contributed by atoms with Crippen molar-refractivity contribution in [3.63, 3.8) is 0 Å². The molecule has 3 amide bonds. The average Bonchev–Trinajstić information content (AvgIpc) is 3.45. The summed E-state index contributed by atoms with van der Waals surface area (Å²) in [5.41, 5.74) is 13.2. The van der Waals surface area contributed by atoms with Gasteiger partial charge in [-0.15, -0.1) is 11.3 Å². The monoisotopic (exact) mass is 427 g/mol. The standard InChI is InChI=1S/C21H25N5O3S/c27-19(6-7-20(28)26-10-8-18-15(13-26)9-11-30-18)24-25-21(29)17-12-16(22-23-17)14-4-2-1-3-5-14/h1-5,9,11,16-17,22-23H,6-8,10,12-13H2,(H,24,27)(H,25,29). The number of hydrogen-bond donors (Lipinski definition) is 4. The molecule has 4 N–H and O–H groups in total. The Labute approximate surface area is 179 Å². The fourth-order valence-corrected chi connectivity index (χ4v) is 4.64. The first-order valence-corrected chi connectivity index (χ1v) is 11.0. The maximum absolute atomic E-state index is 12.4. The van der Waals surface area contributed by atoms with Gasteiger partial charge in [0.15, 0.2) is 0 Å². The highest BCUT2D eigenvalue weighted by molar-refractivity contribution is 7.10. The highest BCUT2D eigenvalue weighted by atomic mass is 32.1. The van der Waals surface area contributed by atoms with Gasteiger partial charge in [-0.1, -0.05) is 30.3 Å². The Hall–Kier alpha value is -2.75. The third-order valence-electron chi connectivity index (χ3n) is 5.47. The molecule has 2 aliphatic rings. The quantitative estimate of drug-likeness (QED) is 0.537. The topological polar surface area (TPSA) is 103 Å². The molecule has 2 aromatic rings. The van der Waals surface area contributed by atoms with Crippen molar-refractivity contribution in [2.75, 3.05) is 6.54 Å². The maximum Gasteiger partial charge on any atom is 0.256 e. The van der Waals surface area contributed by atoms with Crippen LogP contribution < -0.4 is 21.7 Å². The average molecular weight is 428 g/mol. The van der Waals surface area contributed by atoms with Crippen molar-refractivity contribution >= 4 is 29.1 Å². The summed E-state index contributed by atoms with van der Waals surface area (Å²) < 4.78 is 0. The van der Waals surface area contributed by atoms with Gasteiger partial charge in [0, 0.05) is 36.9 Å². The molecule has 1 saturated heterocycles. The van der Waals surface area contributed by atoms with Gasteiger partial charge in [0.05, 0.1) is 0 Å². The van der Waals surface area contributed by atoms with E-state index < -0.39 is 6.04 Å². The number of nitrogens with one attached hydrogen (secondary N) is 4. The number of hydrazine groups is 2. The van der Waals surface area contributed by atoms with Crippen LogP contribution in [0.15, 0.2) is 41.8 Å². The lowest BCUT2D eigenvalue weighted by molar-refractivity contribution is -0.135. The fraction of sp³-hybridized carbons (Fsp3) is 0.381. The van der Waals surface area contributed by atoms with E-state index in [9.17, 15) is 14.4 Å². The predicted molar refractivity (Wildman–Crippen MR) is 113 cm³/mol. The second-order valence-electron chi connectivity index (χ2n) is 7.51. The molecule has 1 aromatic heterocycles. The number of carbonyl (C=O) groups is 3. The van der Waals surface area contributed by atoms with Crippen molar-refractivity contribution in [1.29, 1.82) is 0 Å². The number of thiophene rings is 1. The third-order valence-corrected chi connectivity index (χ3v) is 6.50. The van der Waals surface area contributed by atoms with Crippen molar-refractivity contribution in [3.05, 3.63) is 57.8 Å². The molecule has 2 aliphatic heterocycles. The first-order chi connectivity index (χ1) is 14.6. The van der Waals surface area contributed by atoms with E-state index in [0.717, 1.165) is 12.0 Å². The lowest BCUT2D eigenvalue weighted by atomic mass is 10.0. The fourth-order valence-electron chi connectivity index (χ4n) is 3.75. The lowest BCUT2D eigenvalue weighted by Crippen LogP contribution is -2.50. The van der Waals surface area contributed by atoms with E-state index >= 15 is 0 Å². The Kier molecular flexibility index (Phi) is 6.41. The van der Waals surface area contributed by atoms with E-state index in [1.54, 1.807) is 16.2 Å². The van der Waals surface area contributed by atoms with Gasteiger partial charge < -0.3 is 4.90 Å². The summed E-state index contributed by atoms with van der Waals surface area (Å²) in [5, 5.41) is 2.05. The molecule has 0 aliphatic carbocycles. The molecule has 4 rings (SSSR count). The Bertz CT molecular complexity index is 916. The van der Waals surface area contributed by atoms with Crippen LogP contribution in [0.1, 0.15) is 41.3 Å². The summed E-state index contributed by atoms with van der Waals surface area (Å²) in [6.45, 7) is 1.30. The molecular formula is C21H25N5O3S. The second kappa shape index (κ2) is 9.38. The number of benzene rings is 1. The largest absolute Gasteiger partial charge is 0.338 e. The van der Waals surface area contributed by atoms with Gasteiger partial charge in [0.25, 0.3) is 5.91 Å².